The summed E-state index contributed by atoms with van der Waals surface area (Å²) in [6.45, 7) is -0.682. The predicted octanol–water partition coefficient (Wildman–Crippen LogP) is 3.35. The first kappa shape index (κ1) is 24.5. The Hall–Kier alpha value is -2.18. The molecule has 0 fully saturated rings. The number of carbonyl (C=O) groups is 1. The standard InChI is InChI=1S/C19H18Cl2FN5O3S2/c20-13-4-6-14(7-5-13)32(29,30)27(10-15-16(21)2-1-3-17(15)22)11-18(28)23-8-9-31-19-24-12-25-26-19/h1-7,12H,8-11H2,(H,23,28)(H,24,25,26). The molecule has 0 aliphatic rings. The molecule has 0 aliphatic carbocycles. The number of hydrogen-bond donors (Lipinski definition) is 2. The lowest BCUT2D eigenvalue weighted by atomic mass is 10.2. The second kappa shape index (κ2) is 11.1. The van der Waals surface area contributed by atoms with E-state index < -0.39 is 34.8 Å². The molecule has 0 saturated carbocycles. The van der Waals surface area contributed by atoms with Crippen LogP contribution in [0.15, 0.2) is 58.8 Å². The van der Waals surface area contributed by atoms with Crippen molar-refractivity contribution in [1.29, 1.82) is 0 Å². The highest BCUT2D eigenvalue weighted by Crippen LogP contribution is 2.25. The van der Waals surface area contributed by atoms with Gasteiger partial charge in [0.25, 0.3) is 0 Å². The van der Waals surface area contributed by atoms with Gasteiger partial charge < -0.3 is 5.32 Å². The molecule has 1 amide bonds. The molecular formula is C19H18Cl2FN5O3S2. The molecule has 170 valence electrons. The number of thioether (sulfide) groups is 1. The third kappa shape index (κ3) is 6.42. The minimum atomic E-state index is -4.15. The summed E-state index contributed by atoms with van der Waals surface area (Å²) >= 11 is 13.3. The molecule has 2 aromatic carbocycles. The lowest BCUT2D eigenvalue weighted by molar-refractivity contribution is -0.121. The van der Waals surface area contributed by atoms with Gasteiger partial charge in [0.2, 0.25) is 15.9 Å². The maximum absolute atomic E-state index is 14.3. The van der Waals surface area contributed by atoms with Crippen molar-refractivity contribution in [2.24, 2.45) is 0 Å². The average molecular weight is 518 g/mol. The van der Waals surface area contributed by atoms with Crippen LogP contribution in [0.4, 0.5) is 4.39 Å². The molecule has 2 N–H and O–H groups in total. The van der Waals surface area contributed by atoms with E-state index >= 15 is 0 Å². The number of sulfonamides is 1. The number of hydrogen-bond acceptors (Lipinski definition) is 6. The van der Waals surface area contributed by atoms with Crippen LogP contribution in [0.2, 0.25) is 10.0 Å². The van der Waals surface area contributed by atoms with Crippen LogP contribution in [-0.4, -0.2) is 52.7 Å². The van der Waals surface area contributed by atoms with Crippen molar-refractivity contribution >= 4 is 50.9 Å². The Morgan fingerprint density at radius 1 is 1.19 bits per heavy atom. The van der Waals surface area contributed by atoms with Crippen LogP contribution in [0, 0.1) is 5.82 Å². The maximum Gasteiger partial charge on any atom is 0.243 e. The molecule has 3 aromatic rings. The van der Waals surface area contributed by atoms with Crippen molar-refractivity contribution < 1.29 is 17.6 Å². The fourth-order valence-electron chi connectivity index (χ4n) is 2.66. The summed E-state index contributed by atoms with van der Waals surface area (Å²) in [4.78, 5) is 16.4. The van der Waals surface area contributed by atoms with E-state index in [2.05, 4.69) is 20.5 Å². The number of nitrogens with zero attached hydrogens (tertiary/aromatic N) is 3. The van der Waals surface area contributed by atoms with Crippen LogP contribution in [0.25, 0.3) is 0 Å². The second-order valence-electron chi connectivity index (χ2n) is 6.42. The van der Waals surface area contributed by atoms with Gasteiger partial charge in [-0.25, -0.2) is 17.8 Å². The van der Waals surface area contributed by atoms with E-state index in [1.165, 1.54) is 60.6 Å². The summed E-state index contributed by atoms with van der Waals surface area (Å²) in [5, 5.41) is 10.1. The van der Waals surface area contributed by atoms with Crippen LogP contribution in [0.1, 0.15) is 5.56 Å². The number of amides is 1. The van der Waals surface area contributed by atoms with Gasteiger partial charge in [-0.15, -0.1) is 0 Å². The largest absolute Gasteiger partial charge is 0.354 e. The Labute approximate surface area is 198 Å². The molecule has 0 spiro atoms. The van der Waals surface area contributed by atoms with Gasteiger partial charge in [-0.1, -0.05) is 41.0 Å². The molecule has 3 rings (SSSR count). The molecular weight excluding hydrogens is 500 g/mol. The third-order valence-corrected chi connectivity index (χ3v) is 7.51. The minimum Gasteiger partial charge on any atom is -0.354 e. The van der Waals surface area contributed by atoms with Crippen molar-refractivity contribution in [3.05, 3.63) is 70.2 Å². The smallest absolute Gasteiger partial charge is 0.243 e. The number of aromatic nitrogens is 3. The van der Waals surface area contributed by atoms with Gasteiger partial charge in [0.1, 0.15) is 12.1 Å². The number of aromatic amines is 1. The Morgan fingerprint density at radius 3 is 2.59 bits per heavy atom. The molecule has 13 heteroatoms. The Morgan fingerprint density at radius 2 is 1.94 bits per heavy atom. The highest BCUT2D eigenvalue weighted by atomic mass is 35.5. The quantitative estimate of drug-likeness (QED) is 0.315. The number of benzene rings is 2. The van der Waals surface area contributed by atoms with E-state index in [1.807, 2.05) is 0 Å². The Kier molecular flexibility index (Phi) is 8.49. The van der Waals surface area contributed by atoms with Gasteiger partial charge in [0.05, 0.1) is 11.4 Å². The Bertz CT molecular complexity index is 1140. The average Bonchev–Trinajstić information content (AvgIpc) is 3.27. The van der Waals surface area contributed by atoms with Crippen molar-refractivity contribution in [3.8, 4) is 0 Å². The number of rotatable bonds is 10. The van der Waals surface area contributed by atoms with Gasteiger partial charge in [-0.3, -0.25) is 9.89 Å². The maximum atomic E-state index is 14.3. The van der Waals surface area contributed by atoms with E-state index in [-0.39, 0.29) is 22.0 Å². The van der Waals surface area contributed by atoms with Crippen LogP contribution in [0.3, 0.4) is 0 Å². The van der Waals surface area contributed by atoms with Gasteiger partial charge in [-0.2, -0.15) is 9.40 Å². The summed E-state index contributed by atoms with van der Waals surface area (Å²) in [5.41, 5.74) is -0.0274. The first-order valence-corrected chi connectivity index (χ1v) is 12.4. The number of H-pyrrole nitrogens is 1. The number of carbonyl (C=O) groups excluding carboxylic acids is 1. The van der Waals surface area contributed by atoms with Gasteiger partial charge in [0.15, 0.2) is 5.16 Å². The van der Waals surface area contributed by atoms with Gasteiger partial charge >= 0.3 is 0 Å². The van der Waals surface area contributed by atoms with Crippen molar-refractivity contribution in [1.82, 2.24) is 24.8 Å². The van der Waals surface area contributed by atoms with E-state index in [9.17, 15) is 17.6 Å². The SMILES string of the molecule is O=C(CN(Cc1c(F)cccc1Cl)S(=O)(=O)c1ccc(Cl)cc1)NCCSc1ncn[nH]1. The molecule has 0 atom stereocenters. The van der Waals surface area contributed by atoms with Crippen LogP contribution in [0.5, 0.6) is 0 Å². The summed E-state index contributed by atoms with van der Waals surface area (Å²) in [5.74, 6) is -0.727. The first-order chi connectivity index (χ1) is 15.3. The number of halogens is 3. The zero-order chi connectivity index (χ0) is 23.1. The van der Waals surface area contributed by atoms with Crippen LogP contribution in [-0.2, 0) is 21.4 Å². The molecule has 8 nitrogen and oxygen atoms in total. The third-order valence-electron chi connectivity index (χ3n) is 4.22. The first-order valence-electron chi connectivity index (χ1n) is 9.21. The molecule has 0 bridgehead atoms. The fraction of sp³-hybridized carbons (Fsp3) is 0.211. The Balaban J connectivity index is 1.75. The van der Waals surface area contributed by atoms with E-state index in [4.69, 9.17) is 23.2 Å². The monoisotopic (exact) mass is 517 g/mol. The van der Waals surface area contributed by atoms with E-state index in [0.29, 0.717) is 15.9 Å². The number of nitrogens with one attached hydrogen (secondary N) is 2. The zero-order valence-electron chi connectivity index (χ0n) is 16.5. The van der Waals surface area contributed by atoms with Gasteiger partial charge in [0, 0.05) is 34.5 Å². The van der Waals surface area contributed by atoms with Crippen molar-refractivity contribution in [3.63, 3.8) is 0 Å². The van der Waals surface area contributed by atoms with Crippen LogP contribution < -0.4 is 5.32 Å². The predicted molar refractivity (Wildman–Crippen MR) is 121 cm³/mol. The summed E-state index contributed by atoms with van der Waals surface area (Å²) in [6.07, 6.45) is 1.37. The van der Waals surface area contributed by atoms with Gasteiger partial charge in [-0.05, 0) is 36.4 Å². The van der Waals surface area contributed by atoms with Crippen LogP contribution >= 0.6 is 35.0 Å². The molecule has 1 aromatic heterocycles. The lowest BCUT2D eigenvalue weighted by Crippen LogP contribution is -2.41. The second-order valence-corrected chi connectivity index (χ2v) is 10.3. The molecule has 0 radical (unpaired) electrons. The van der Waals surface area contributed by atoms with E-state index in [0.717, 1.165) is 4.31 Å². The zero-order valence-corrected chi connectivity index (χ0v) is 19.6. The molecule has 32 heavy (non-hydrogen) atoms. The highest BCUT2D eigenvalue weighted by molar-refractivity contribution is 7.99. The topological polar surface area (TPSA) is 108 Å². The normalized spacial score (nSPS) is 11.6. The highest BCUT2D eigenvalue weighted by Gasteiger charge is 2.28. The van der Waals surface area contributed by atoms with E-state index in [1.54, 1.807) is 0 Å². The molecule has 0 saturated heterocycles. The molecule has 0 unspecified atom stereocenters. The summed E-state index contributed by atoms with van der Waals surface area (Å²) in [6, 6.07) is 9.52. The fourth-order valence-corrected chi connectivity index (χ4v) is 5.01. The van der Waals surface area contributed by atoms with Crippen molar-refractivity contribution in [2.75, 3.05) is 18.8 Å². The summed E-state index contributed by atoms with van der Waals surface area (Å²) in [7, 11) is -4.15. The lowest BCUT2D eigenvalue weighted by Gasteiger charge is -2.22. The minimum absolute atomic E-state index is 0.0274. The molecule has 1 heterocycles. The van der Waals surface area contributed by atoms with Crippen molar-refractivity contribution in [2.45, 2.75) is 16.6 Å². The summed E-state index contributed by atoms with van der Waals surface area (Å²) < 4.78 is 41.6. The molecule has 0 aliphatic heterocycles.